The van der Waals surface area contributed by atoms with Crippen LogP contribution in [0.2, 0.25) is 0 Å². The molecule has 0 fully saturated rings. The van der Waals surface area contributed by atoms with Crippen molar-refractivity contribution in [3.8, 4) is 0 Å². The molecular weight excluding hydrogens is 324 g/mol. The van der Waals surface area contributed by atoms with Gasteiger partial charge in [0.05, 0.1) is 0 Å². The molecule has 0 aliphatic carbocycles. The van der Waals surface area contributed by atoms with Crippen molar-refractivity contribution in [2.75, 3.05) is 7.05 Å². The average molecular weight is 340 g/mol. The van der Waals surface area contributed by atoms with Crippen LogP contribution in [-0.4, -0.2) is 11.9 Å². The predicted molar refractivity (Wildman–Crippen MR) is 80.4 cm³/mol. The molecule has 4 heteroatoms. The van der Waals surface area contributed by atoms with Crippen LogP contribution in [0, 0.1) is 11.6 Å². The zero-order valence-electron chi connectivity index (χ0n) is 11.4. The van der Waals surface area contributed by atoms with Crippen LogP contribution in [0.5, 0.6) is 0 Å². The summed E-state index contributed by atoms with van der Waals surface area (Å²) in [4.78, 5) is 1.99. The molecule has 0 spiro atoms. The van der Waals surface area contributed by atoms with E-state index in [1.165, 1.54) is 18.2 Å². The number of nitrogens with zero attached hydrogens (tertiary/aromatic N) is 1. The lowest BCUT2D eigenvalue weighted by Gasteiger charge is -2.25. The zero-order valence-corrected chi connectivity index (χ0v) is 13.0. The molecule has 0 heterocycles. The maximum absolute atomic E-state index is 13.8. The van der Waals surface area contributed by atoms with Crippen molar-refractivity contribution in [2.24, 2.45) is 0 Å². The summed E-state index contributed by atoms with van der Waals surface area (Å²) in [6.45, 7) is 2.48. The first kappa shape index (κ1) is 15.1. The highest BCUT2D eigenvalue weighted by Crippen LogP contribution is 2.24. The van der Waals surface area contributed by atoms with Gasteiger partial charge in [-0.25, -0.2) is 8.78 Å². The largest absolute Gasteiger partial charge is 0.295 e. The lowest BCUT2D eigenvalue weighted by molar-refractivity contribution is 0.247. The van der Waals surface area contributed by atoms with Crippen molar-refractivity contribution in [1.29, 1.82) is 0 Å². The molecule has 1 unspecified atom stereocenters. The third-order valence-corrected chi connectivity index (χ3v) is 3.83. The Balaban J connectivity index is 2.15. The second-order valence-electron chi connectivity index (χ2n) is 4.89. The van der Waals surface area contributed by atoms with Crippen molar-refractivity contribution in [3.05, 3.63) is 69.7 Å². The number of hydrogen-bond donors (Lipinski definition) is 0. The lowest BCUT2D eigenvalue weighted by Crippen LogP contribution is -2.22. The smallest absolute Gasteiger partial charge is 0.127 e. The van der Waals surface area contributed by atoms with Crippen LogP contribution in [0.15, 0.2) is 46.9 Å². The quantitative estimate of drug-likeness (QED) is 0.764. The van der Waals surface area contributed by atoms with Gasteiger partial charge in [0.2, 0.25) is 0 Å². The molecule has 0 saturated heterocycles. The monoisotopic (exact) mass is 339 g/mol. The third kappa shape index (κ3) is 3.64. The fourth-order valence-electron chi connectivity index (χ4n) is 2.18. The lowest BCUT2D eigenvalue weighted by atomic mass is 10.1. The van der Waals surface area contributed by atoms with Crippen molar-refractivity contribution < 1.29 is 8.78 Å². The van der Waals surface area contributed by atoms with E-state index in [1.807, 2.05) is 31.0 Å². The highest BCUT2D eigenvalue weighted by atomic mass is 79.9. The Labute approximate surface area is 126 Å². The van der Waals surface area contributed by atoms with Crippen LogP contribution in [0.25, 0.3) is 0 Å². The first-order valence-corrected chi connectivity index (χ1v) is 7.16. The highest BCUT2D eigenvalue weighted by molar-refractivity contribution is 9.10. The minimum Gasteiger partial charge on any atom is -0.295 e. The number of halogens is 3. The Bertz CT molecular complexity index is 581. The second-order valence-corrected chi connectivity index (χ2v) is 5.81. The Kier molecular flexibility index (Phi) is 4.89. The molecule has 0 aliphatic heterocycles. The van der Waals surface area contributed by atoms with Crippen LogP contribution < -0.4 is 0 Å². The van der Waals surface area contributed by atoms with Crippen molar-refractivity contribution in [1.82, 2.24) is 4.90 Å². The molecule has 20 heavy (non-hydrogen) atoms. The van der Waals surface area contributed by atoms with E-state index in [1.54, 1.807) is 12.1 Å². The average Bonchev–Trinajstić information content (AvgIpc) is 2.37. The van der Waals surface area contributed by atoms with E-state index in [0.29, 0.717) is 16.6 Å². The molecule has 0 aromatic heterocycles. The van der Waals surface area contributed by atoms with Crippen molar-refractivity contribution in [2.45, 2.75) is 19.5 Å². The summed E-state index contributed by atoms with van der Waals surface area (Å²) in [5, 5.41) is 0. The van der Waals surface area contributed by atoms with Gasteiger partial charge in [0.15, 0.2) is 0 Å². The molecule has 1 nitrogen and oxygen atoms in total. The van der Waals surface area contributed by atoms with E-state index in [2.05, 4.69) is 15.9 Å². The Morgan fingerprint density at radius 1 is 1.15 bits per heavy atom. The van der Waals surface area contributed by atoms with Gasteiger partial charge in [-0.1, -0.05) is 34.1 Å². The molecular formula is C16H16BrF2N. The molecule has 0 aliphatic rings. The molecule has 106 valence electrons. The Morgan fingerprint density at radius 3 is 2.50 bits per heavy atom. The first-order chi connectivity index (χ1) is 9.47. The summed E-state index contributed by atoms with van der Waals surface area (Å²) < 4.78 is 27.8. The summed E-state index contributed by atoms with van der Waals surface area (Å²) in [6, 6.07) is 11.4. The second kappa shape index (κ2) is 6.46. The SMILES string of the molecule is CC(c1ccccc1F)N(C)Cc1cc(F)cc(Br)c1. The van der Waals surface area contributed by atoms with Gasteiger partial charge in [-0.05, 0) is 43.8 Å². The summed E-state index contributed by atoms with van der Waals surface area (Å²) in [7, 11) is 1.90. The summed E-state index contributed by atoms with van der Waals surface area (Å²) in [5.41, 5.74) is 1.49. The number of hydrogen-bond acceptors (Lipinski definition) is 1. The van der Waals surface area contributed by atoms with Gasteiger partial charge in [0.1, 0.15) is 11.6 Å². The van der Waals surface area contributed by atoms with E-state index >= 15 is 0 Å². The minimum atomic E-state index is -0.277. The van der Waals surface area contributed by atoms with E-state index in [9.17, 15) is 8.78 Å². The fraction of sp³-hybridized carbons (Fsp3) is 0.250. The molecule has 0 radical (unpaired) electrons. The molecule has 2 aromatic carbocycles. The zero-order chi connectivity index (χ0) is 14.7. The third-order valence-electron chi connectivity index (χ3n) is 3.37. The van der Waals surface area contributed by atoms with Crippen LogP contribution in [0.1, 0.15) is 24.1 Å². The van der Waals surface area contributed by atoms with Crippen LogP contribution in [-0.2, 0) is 6.54 Å². The summed E-state index contributed by atoms with van der Waals surface area (Å²) in [6.07, 6.45) is 0. The van der Waals surface area contributed by atoms with Gasteiger partial charge in [-0.15, -0.1) is 0 Å². The molecule has 2 aromatic rings. The Hall–Kier alpha value is -1.26. The predicted octanol–water partition coefficient (Wildman–Crippen LogP) is 4.92. The van der Waals surface area contributed by atoms with E-state index in [0.717, 1.165) is 5.56 Å². The van der Waals surface area contributed by atoms with Crippen molar-refractivity contribution in [3.63, 3.8) is 0 Å². The summed E-state index contributed by atoms with van der Waals surface area (Å²) >= 11 is 3.28. The molecule has 0 saturated carbocycles. The first-order valence-electron chi connectivity index (χ1n) is 6.37. The topological polar surface area (TPSA) is 3.24 Å². The Morgan fingerprint density at radius 2 is 1.85 bits per heavy atom. The standard InChI is InChI=1S/C16H16BrF2N/c1-11(15-5-3-4-6-16(15)19)20(2)10-12-7-13(17)9-14(18)8-12/h3-9,11H,10H2,1-2H3. The van der Waals surface area contributed by atoms with Gasteiger partial charge in [0, 0.05) is 22.6 Å². The van der Waals surface area contributed by atoms with Crippen molar-refractivity contribution >= 4 is 15.9 Å². The van der Waals surface area contributed by atoms with E-state index < -0.39 is 0 Å². The maximum atomic E-state index is 13.8. The molecule has 0 N–H and O–H groups in total. The van der Waals surface area contributed by atoms with Crippen LogP contribution in [0.3, 0.4) is 0 Å². The van der Waals surface area contributed by atoms with E-state index in [4.69, 9.17) is 0 Å². The summed E-state index contributed by atoms with van der Waals surface area (Å²) in [5.74, 6) is -0.492. The normalized spacial score (nSPS) is 12.7. The van der Waals surface area contributed by atoms with Gasteiger partial charge in [-0.2, -0.15) is 0 Å². The number of benzene rings is 2. The van der Waals surface area contributed by atoms with Gasteiger partial charge in [-0.3, -0.25) is 4.90 Å². The highest BCUT2D eigenvalue weighted by Gasteiger charge is 2.15. The molecule has 2 rings (SSSR count). The molecule has 0 amide bonds. The fourth-order valence-corrected chi connectivity index (χ4v) is 2.69. The van der Waals surface area contributed by atoms with Gasteiger partial charge in [0.25, 0.3) is 0 Å². The van der Waals surface area contributed by atoms with Gasteiger partial charge < -0.3 is 0 Å². The van der Waals surface area contributed by atoms with E-state index in [-0.39, 0.29) is 17.7 Å². The van der Waals surface area contributed by atoms with Crippen LogP contribution >= 0.6 is 15.9 Å². The maximum Gasteiger partial charge on any atom is 0.127 e. The molecule has 1 atom stereocenters. The molecule has 0 bridgehead atoms. The van der Waals surface area contributed by atoms with Gasteiger partial charge >= 0.3 is 0 Å². The number of rotatable bonds is 4. The van der Waals surface area contributed by atoms with Crippen LogP contribution in [0.4, 0.5) is 8.78 Å². The minimum absolute atomic E-state index is 0.0850.